The molecule has 1 aliphatic heterocycles. The van der Waals surface area contributed by atoms with Gasteiger partial charge in [0.15, 0.2) is 0 Å². The Morgan fingerprint density at radius 2 is 2.17 bits per heavy atom. The molecular formula is C17H20N4O2. The molecule has 1 atom stereocenters. The highest BCUT2D eigenvalue weighted by atomic mass is 16.5. The summed E-state index contributed by atoms with van der Waals surface area (Å²) >= 11 is 0. The van der Waals surface area contributed by atoms with E-state index in [9.17, 15) is 4.79 Å². The summed E-state index contributed by atoms with van der Waals surface area (Å²) in [4.78, 5) is 22.6. The Morgan fingerprint density at radius 1 is 1.35 bits per heavy atom. The molecule has 2 aromatic rings. The van der Waals surface area contributed by atoms with E-state index in [0.717, 1.165) is 25.1 Å². The zero-order valence-corrected chi connectivity index (χ0v) is 13.1. The molecule has 6 nitrogen and oxygen atoms in total. The van der Waals surface area contributed by atoms with Gasteiger partial charge in [0.1, 0.15) is 5.69 Å². The Labute approximate surface area is 135 Å². The van der Waals surface area contributed by atoms with Crippen molar-refractivity contribution in [1.82, 2.24) is 9.97 Å². The van der Waals surface area contributed by atoms with Gasteiger partial charge < -0.3 is 15.0 Å². The first-order valence-electron chi connectivity index (χ1n) is 7.75. The maximum atomic E-state index is 12.5. The van der Waals surface area contributed by atoms with Crippen LogP contribution in [0.15, 0.2) is 42.6 Å². The predicted octanol–water partition coefficient (Wildman–Crippen LogP) is 2.34. The van der Waals surface area contributed by atoms with Crippen molar-refractivity contribution < 1.29 is 9.53 Å². The van der Waals surface area contributed by atoms with Crippen LogP contribution in [0.3, 0.4) is 0 Å². The largest absolute Gasteiger partial charge is 0.376 e. The second-order valence-electron chi connectivity index (χ2n) is 5.48. The molecule has 120 valence electrons. The van der Waals surface area contributed by atoms with Gasteiger partial charge in [0.25, 0.3) is 5.91 Å². The molecule has 1 unspecified atom stereocenters. The van der Waals surface area contributed by atoms with Crippen molar-refractivity contribution in [3.63, 3.8) is 0 Å². The van der Waals surface area contributed by atoms with Crippen molar-refractivity contribution >= 4 is 17.5 Å². The molecule has 1 saturated heterocycles. The number of anilines is 2. The summed E-state index contributed by atoms with van der Waals surface area (Å²) in [6, 6.07) is 11.1. The zero-order valence-electron chi connectivity index (χ0n) is 13.1. The van der Waals surface area contributed by atoms with Crippen LogP contribution in [0.5, 0.6) is 0 Å². The molecule has 1 fully saturated rings. The maximum absolute atomic E-state index is 12.5. The highest BCUT2D eigenvalue weighted by molar-refractivity contribution is 6.04. The Morgan fingerprint density at radius 3 is 2.91 bits per heavy atom. The van der Waals surface area contributed by atoms with Crippen molar-refractivity contribution in [2.75, 3.05) is 30.4 Å². The number of nitrogens with zero attached hydrogens (tertiary/aromatic N) is 3. The van der Waals surface area contributed by atoms with Crippen LogP contribution in [0.4, 0.5) is 11.6 Å². The van der Waals surface area contributed by atoms with Crippen molar-refractivity contribution in [1.29, 1.82) is 0 Å². The topological polar surface area (TPSA) is 67.4 Å². The van der Waals surface area contributed by atoms with Crippen molar-refractivity contribution in [3.05, 3.63) is 48.3 Å². The molecule has 0 saturated carbocycles. The molecule has 0 bridgehead atoms. The summed E-state index contributed by atoms with van der Waals surface area (Å²) in [6.07, 6.45) is 3.93. The first-order valence-corrected chi connectivity index (χ1v) is 7.75. The number of carbonyl (C=O) groups excluding carboxylic acids is 1. The van der Waals surface area contributed by atoms with E-state index in [1.54, 1.807) is 24.2 Å². The molecule has 23 heavy (non-hydrogen) atoms. The zero-order chi connectivity index (χ0) is 16.1. The molecule has 1 aromatic carbocycles. The van der Waals surface area contributed by atoms with Crippen LogP contribution in [0, 0.1) is 0 Å². The van der Waals surface area contributed by atoms with Gasteiger partial charge in [0.2, 0.25) is 5.95 Å². The van der Waals surface area contributed by atoms with Crippen LogP contribution in [0.25, 0.3) is 0 Å². The lowest BCUT2D eigenvalue weighted by Crippen LogP contribution is -2.27. The minimum atomic E-state index is -0.168. The fourth-order valence-electron chi connectivity index (χ4n) is 2.51. The number of benzene rings is 1. The monoisotopic (exact) mass is 312 g/mol. The van der Waals surface area contributed by atoms with Crippen LogP contribution in [-0.4, -0.2) is 42.2 Å². The van der Waals surface area contributed by atoms with Crippen LogP contribution >= 0.6 is 0 Å². The van der Waals surface area contributed by atoms with E-state index in [4.69, 9.17) is 4.74 Å². The fourth-order valence-corrected chi connectivity index (χ4v) is 2.51. The SMILES string of the molecule is CN(C(=O)c1ccnc(NCC2CCCO2)n1)c1ccccc1. The first kappa shape index (κ1) is 15.4. The van der Waals surface area contributed by atoms with Crippen LogP contribution in [0.2, 0.25) is 0 Å². The van der Waals surface area contributed by atoms with E-state index in [-0.39, 0.29) is 12.0 Å². The summed E-state index contributed by atoms with van der Waals surface area (Å²) in [6.45, 7) is 1.47. The minimum absolute atomic E-state index is 0.168. The van der Waals surface area contributed by atoms with Gasteiger partial charge in [-0.15, -0.1) is 0 Å². The lowest BCUT2D eigenvalue weighted by Gasteiger charge is -2.17. The highest BCUT2D eigenvalue weighted by Crippen LogP contribution is 2.15. The summed E-state index contributed by atoms with van der Waals surface area (Å²) in [5.41, 5.74) is 1.19. The Bertz CT molecular complexity index is 657. The molecule has 1 amide bonds. The lowest BCUT2D eigenvalue weighted by molar-refractivity contribution is 0.0988. The van der Waals surface area contributed by atoms with E-state index < -0.39 is 0 Å². The van der Waals surface area contributed by atoms with E-state index in [1.165, 1.54) is 0 Å². The van der Waals surface area contributed by atoms with Crippen LogP contribution < -0.4 is 10.2 Å². The number of rotatable bonds is 5. The van der Waals surface area contributed by atoms with Gasteiger partial charge in [-0.3, -0.25) is 4.79 Å². The molecular weight excluding hydrogens is 292 g/mol. The fraction of sp³-hybridized carbons (Fsp3) is 0.353. The molecule has 1 N–H and O–H groups in total. The number of amides is 1. The number of para-hydroxylation sites is 1. The van der Waals surface area contributed by atoms with E-state index in [1.807, 2.05) is 30.3 Å². The Kier molecular flexibility index (Phi) is 4.83. The van der Waals surface area contributed by atoms with Crippen LogP contribution in [0.1, 0.15) is 23.3 Å². The van der Waals surface area contributed by atoms with Crippen molar-refractivity contribution in [2.24, 2.45) is 0 Å². The molecule has 0 radical (unpaired) electrons. The smallest absolute Gasteiger partial charge is 0.276 e. The molecule has 2 heterocycles. The highest BCUT2D eigenvalue weighted by Gasteiger charge is 2.17. The van der Waals surface area contributed by atoms with Gasteiger partial charge in [0, 0.05) is 32.1 Å². The summed E-state index contributed by atoms with van der Waals surface area (Å²) < 4.78 is 5.56. The average molecular weight is 312 g/mol. The number of hydrogen-bond donors (Lipinski definition) is 1. The van der Waals surface area contributed by atoms with Crippen LogP contribution in [-0.2, 0) is 4.74 Å². The third kappa shape index (κ3) is 3.84. The second kappa shape index (κ2) is 7.19. The Hall–Kier alpha value is -2.47. The standard InChI is InChI=1S/C17H20N4O2/c1-21(13-6-3-2-4-7-13)16(22)15-9-10-18-17(20-15)19-12-14-8-5-11-23-14/h2-4,6-7,9-10,14H,5,8,11-12H2,1H3,(H,18,19,20). The number of aromatic nitrogens is 2. The molecule has 1 aliphatic rings. The number of ether oxygens (including phenoxy) is 1. The van der Waals surface area contributed by atoms with Crippen molar-refractivity contribution in [3.8, 4) is 0 Å². The van der Waals surface area contributed by atoms with Gasteiger partial charge >= 0.3 is 0 Å². The van der Waals surface area contributed by atoms with E-state index >= 15 is 0 Å². The second-order valence-corrected chi connectivity index (χ2v) is 5.48. The van der Waals surface area contributed by atoms with Gasteiger partial charge in [-0.25, -0.2) is 9.97 Å². The number of nitrogens with one attached hydrogen (secondary N) is 1. The lowest BCUT2D eigenvalue weighted by atomic mass is 10.2. The minimum Gasteiger partial charge on any atom is -0.376 e. The van der Waals surface area contributed by atoms with Gasteiger partial charge in [-0.05, 0) is 31.0 Å². The van der Waals surface area contributed by atoms with E-state index in [2.05, 4.69) is 15.3 Å². The molecule has 1 aromatic heterocycles. The summed E-state index contributed by atoms with van der Waals surface area (Å²) in [7, 11) is 1.74. The third-order valence-corrected chi connectivity index (χ3v) is 3.83. The first-order chi connectivity index (χ1) is 11.2. The van der Waals surface area contributed by atoms with Crippen molar-refractivity contribution in [2.45, 2.75) is 18.9 Å². The molecule has 0 spiro atoms. The van der Waals surface area contributed by atoms with Gasteiger partial charge in [-0.2, -0.15) is 0 Å². The third-order valence-electron chi connectivity index (χ3n) is 3.83. The Balaban J connectivity index is 1.67. The van der Waals surface area contributed by atoms with Gasteiger partial charge in [0.05, 0.1) is 6.10 Å². The van der Waals surface area contributed by atoms with Gasteiger partial charge in [-0.1, -0.05) is 18.2 Å². The summed E-state index contributed by atoms with van der Waals surface area (Å²) in [5.74, 6) is 0.284. The molecule has 3 rings (SSSR count). The average Bonchev–Trinajstić information content (AvgIpc) is 3.13. The summed E-state index contributed by atoms with van der Waals surface area (Å²) in [5, 5.41) is 3.14. The number of hydrogen-bond acceptors (Lipinski definition) is 5. The maximum Gasteiger partial charge on any atom is 0.276 e. The molecule has 6 heteroatoms. The normalized spacial score (nSPS) is 17.0. The number of carbonyl (C=O) groups is 1. The molecule has 0 aliphatic carbocycles. The van der Waals surface area contributed by atoms with E-state index in [0.29, 0.717) is 18.2 Å². The predicted molar refractivity (Wildman–Crippen MR) is 88.7 cm³/mol. The quantitative estimate of drug-likeness (QED) is 0.918.